The summed E-state index contributed by atoms with van der Waals surface area (Å²) in [6.45, 7) is 6.45. The Labute approximate surface area is 188 Å². The van der Waals surface area contributed by atoms with Gasteiger partial charge in [-0.25, -0.2) is 9.97 Å². The van der Waals surface area contributed by atoms with Crippen LogP contribution in [0, 0.1) is 0 Å². The van der Waals surface area contributed by atoms with Gasteiger partial charge in [0.1, 0.15) is 5.69 Å². The second-order valence-corrected chi connectivity index (χ2v) is 8.57. The summed E-state index contributed by atoms with van der Waals surface area (Å²) in [6.07, 6.45) is 3.35. The monoisotopic (exact) mass is 437 g/mol. The Hall–Kier alpha value is -3.20. The Morgan fingerprint density at radius 1 is 1.19 bits per heavy atom. The van der Waals surface area contributed by atoms with E-state index in [0.29, 0.717) is 24.6 Å². The van der Waals surface area contributed by atoms with Gasteiger partial charge < -0.3 is 20.9 Å². The van der Waals surface area contributed by atoms with Crippen molar-refractivity contribution in [2.45, 2.75) is 39.3 Å². The highest BCUT2D eigenvalue weighted by atomic mass is 16.2. The van der Waals surface area contributed by atoms with E-state index in [1.165, 1.54) is 18.4 Å². The molecule has 1 saturated heterocycles. The number of nitrogens with one attached hydrogen (secondary N) is 1. The molecule has 2 aromatic rings. The zero-order valence-corrected chi connectivity index (χ0v) is 18.8. The fourth-order valence-electron chi connectivity index (χ4n) is 4.32. The van der Waals surface area contributed by atoms with Gasteiger partial charge in [0.2, 0.25) is 11.7 Å². The topological polar surface area (TPSA) is 108 Å². The molecule has 2 aliphatic heterocycles. The van der Waals surface area contributed by atoms with Crippen molar-refractivity contribution in [1.29, 1.82) is 0 Å². The standard InChI is InChI=1S/C23H31N7O2/c1-3-9-28(2)23(32)21-26-20(24)19-22(27-21)30(15-18(31)25-19)14-17-8-6-7-16(12-17)13-29-10-4-5-11-29/h6-8,12H,3-5,9-11,13-15H2,1-2H3,(H,25,31)(H2,24,26,27). The molecule has 2 aliphatic rings. The van der Waals surface area contributed by atoms with Gasteiger partial charge in [-0.15, -0.1) is 0 Å². The number of amides is 2. The minimum absolute atomic E-state index is 0.0427. The number of hydrogen-bond acceptors (Lipinski definition) is 7. The summed E-state index contributed by atoms with van der Waals surface area (Å²) in [6, 6.07) is 8.41. The van der Waals surface area contributed by atoms with Gasteiger partial charge in [0.25, 0.3) is 5.91 Å². The first-order valence-corrected chi connectivity index (χ1v) is 11.2. The van der Waals surface area contributed by atoms with Crippen molar-refractivity contribution in [3.05, 3.63) is 41.2 Å². The molecule has 3 N–H and O–H groups in total. The van der Waals surface area contributed by atoms with Gasteiger partial charge in [-0.1, -0.05) is 31.2 Å². The molecular formula is C23H31N7O2. The van der Waals surface area contributed by atoms with Crippen LogP contribution >= 0.6 is 0 Å². The van der Waals surface area contributed by atoms with Gasteiger partial charge in [-0.05, 0) is 43.5 Å². The van der Waals surface area contributed by atoms with Crippen molar-refractivity contribution in [3.8, 4) is 0 Å². The molecule has 9 heteroatoms. The van der Waals surface area contributed by atoms with Gasteiger partial charge >= 0.3 is 0 Å². The molecule has 0 spiro atoms. The quantitative estimate of drug-likeness (QED) is 0.683. The number of carbonyl (C=O) groups excluding carboxylic acids is 2. The van der Waals surface area contributed by atoms with Gasteiger partial charge in [-0.2, -0.15) is 0 Å². The third-order valence-electron chi connectivity index (χ3n) is 5.88. The third kappa shape index (κ3) is 4.83. The molecule has 4 rings (SSSR count). The molecule has 0 atom stereocenters. The second-order valence-electron chi connectivity index (χ2n) is 8.57. The van der Waals surface area contributed by atoms with Crippen LogP contribution in [-0.4, -0.2) is 64.8 Å². The first-order valence-electron chi connectivity index (χ1n) is 11.2. The van der Waals surface area contributed by atoms with E-state index in [2.05, 4.69) is 38.4 Å². The average Bonchev–Trinajstić information content (AvgIpc) is 3.27. The first kappa shape index (κ1) is 22.0. The highest BCUT2D eigenvalue weighted by Gasteiger charge is 2.29. The maximum absolute atomic E-state index is 12.7. The van der Waals surface area contributed by atoms with E-state index in [-0.39, 0.29) is 30.0 Å². The van der Waals surface area contributed by atoms with Gasteiger partial charge in [0.15, 0.2) is 11.6 Å². The van der Waals surface area contributed by atoms with E-state index in [1.54, 1.807) is 11.9 Å². The maximum atomic E-state index is 12.7. The summed E-state index contributed by atoms with van der Waals surface area (Å²) in [5, 5.41) is 2.76. The highest BCUT2D eigenvalue weighted by molar-refractivity contribution is 6.04. The molecule has 0 aliphatic carbocycles. The minimum atomic E-state index is -0.286. The molecule has 32 heavy (non-hydrogen) atoms. The molecule has 2 amide bonds. The predicted molar refractivity (Wildman–Crippen MR) is 124 cm³/mol. The van der Waals surface area contributed by atoms with Gasteiger partial charge in [-0.3, -0.25) is 14.5 Å². The number of benzene rings is 1. The van der Waals surface area contributed by atoms with Crippen LogP contribution in [0.1, 0.15) is 47.9 Å². The summed E-state index contributed by atoms with van der Waals surface area (Å²) in [5.41, 5.74) is 8.82. The Morgan fingerprint density at radius 2 is 1.91 bits per heavy atom. The van der Waals surface area contributed by atoms with Crippen LogP contribution < -0.4 is 16.0 Å². The molecule has 1 aromatic heterocycles. The van der Waals surface area contributed by atoms with Crippen molar-refractivity contribution in [2.75, 3.05) is 49.2 Å². The molecule has 0 saturated carbocycles. The average molecular weight is 438 g/mol. The molecule has 0 unspecified atom stereocenters. The number of nitrogen functional groups attached to an aromatic ring is 1. The zero-order chi connectivity index (χ0) is 22.7. The fourth-order valence-corrected chi connectivity index (χ4v) is 4.32. The Balaban J connectivity index is 1.59. The summed E-state index contributed by atoms with van der Waals surface area (Å²) in [7, 11) is 1.72. The van der Waals surface area contributed by atoms with E-state index in [9.17, 15) is 9.59 Å². The van der Waals surface area contributed by atoms with Crippen LogP contribution in [0.2, 0.25) is 0 Å². The number of fused-ring (bicyclic) bond motifs is 1. The molecule has 1 fully saturated rings. The smallest absolute Gasteiger partial charge is 0.291 e. The number of aromatic nitrogens is 2. The van der Waals surface area contributed by atoms with E-state index < -0.39 is 0 Å². The van der Waals surface area contributed by atoms with Gasteiger partial charge in [0.05, 0.1) is 6.54 Å². The summed E-state index contributed by atoms with van der Waals surface area (Å²) >= 11 is 0. The van der Waals surface area contributed by atoms with E-state index >= 15 is 0 Å². The number of rotatable bonds is 7. The number of carbonyl (C=O) groups is 2. The Morgan fingerprint density at radius 3 is 2.62 bits per heavy atom. The van der Waals surface area contributed by atoms with Crippen molar-refractivity contribution in [1.82, 2.24) is 19.8 Å². The lowest BCUT2D eigenvalue weighted by Gasteiger charge is -2.30. The lowest BCUT2D eigenvalue weighted by atomic mass is 10.1. The van der Waals surface area contributed by atoms with Crippen molar-refractivity contribution in [2.24, 2.45) is 0 Å². The summed E-state index contributed by atoms with van der Waals surface area (Å²) in [5.74, 6) is 0.162. The number of nitrogens with two attached hydrogens (primary N) is 1. The van der Waals surface area contributed by atoms with Crippen molar-refractivity contribution in [3.63, 3.8) is 0 Å². The number of anilines is 3. The minimum Gasteiger partial charge on any atom is -0.382 e. The molecular weight excluding hydrogens is 406 g/mol. The van der Waals surface area contributed by atoms with Crippen LogP contribution in [0.5, 0.6) is 0 Å². The van der Waals surface area contributed by atoms with Crippen LogP contribution in [0.3, 0.4) is 0 Å². The Kier molecular flexibility index (Phi) is 6.55. The molecule has 170 valence electrons. The number of likely N-dealkylation sites (tertiary alicyclic amines) is 1. The lowest BCUT2D eigenvalue weighted by Crippen LogP contribution is -2.40. The Bertz CT molecular complexity index is 1000. The van der Waals surface area contributed by atoms with Crippen LogP contribution in [0.4, 0.5) is 17.3 Å². The van der Waals surface area contributed by atoms with Gasteiger partial charge in [0, 0.05) is 26.7 Å². The van der Waals surface area contributed by atoms with Crippen LogP contribution in [-0.2, 0) is 17.9 Å². The van der Waals surface area contributed by atoms with E-state index in [1.807, 2.05) is 17.9 Å². The summed E-state index contributed by atoms with van der Waals surface area (Å²) < 4.78 is 0. The fraction of sp³-hybridized carbons (Fsp3) is 0.478. The lowest BCUT2D eigenvalue weighted by molar-refractivity contribution is -0.115. The molecule has 1 aromatic carbocycles. The van der Waals surface area contributed by atoms with Crippen molar-refractivity contribution >= 4 is 29.1 Å². The first-order chi connectivity index (χ1) is 15.4. The second kappa shape index (κ2) is 9.52. The SMILES string of the molecule is CCCN(C)C(=O)c1nc(N)c2c(n1)N(Cc1cccc(CN3CCCC3)c1)CC(=O)N2. The largest absolute Gasteiger partial charge is 0.382 e. The predicted octanol–water partition coefficient (Wildman–Crippen LogP) is 2.10. The normalized spacial score (nSPS) is 16.1. The van der Waals surface area contributed by atoms with E-state index in [0.717, 1.165) is 31.6 Å². The van der Waals surface area contributed by atoms with E-state index in [4.69, 9.17) is 5.73 Å². The zero-order valence-electron chi connectivity index (χ0n) is 18.8. The van der Waals surface area contributed by atoms with Crippen LogP contribution in [0.25, 0.3) is 0 Å². The number of hydrogen-bond donors (Lipinski definition) is 2. The summed E-state index contributed by atoms with van der Waals surface area (Å²) in [4.78, 5) is 39.7. The third-order valence-corrected chi connectivity index (χ3v) is 5.88. The van der Waals surface area contributed by atoms with Crippen LogP contribution in [0.15, 0.2) is 24.3 Å². The number of nitrogens with zero attached hydrogens (tertiary/aromatic N) is 5. The highest BCUT2D eigenvalue weighted by Crippen LogP contribution is 2.33. The molecule has 0 bridgehead atoms. The molecule has 0 radical (unpaired) electrons. The molecule has 3 heterocycles. The molecule has 9 nitrogen and oxygen atoms in total. The maximum Gasteiger partial charge on any atom is 0.291 e. The van der Waals surface area contributed by atoms with Crippen molar-refractivity contribution < 1.29 is 9.59 Å².